The van der Waals surface area contributed by atoms with Gasteiger partial charge < -0.3 is 30.2 Å². The molecule has 1 unspecified atom stereocenters. The molecule has 1 aliphatic rings. The number of nitrogens with zero attached hydrogens (tertiary/aromatic N) is 1. The molecule has 7 nitrogen and oxygen atoms in total. The van der Waals surface area contributed by atoms with Crippen molar-refractivity contribution in [3.8, 4) is 17.2 Å². The fourth-order valence-electron chi connectivity index (χ4n) is 3.24. The van der Waals surface area contributed by atoms with E-state index in [9.17, 15) is 4.79 Å². The minimum absolute atomic E-state index is 0.142. The smallest absolute Gasteiger partial charge is 0.315 e. The maximum Gasteiger partial charge on any atom is 0.315 e. The summed E-state index contributed by atoms with van der Waals surface area (Å²) in [5.41, 5.74) is 7.53. The van der Waals surface area contributed by atoms with E-state index in [2.05, 4.69) is 5.32 Å². The van der Waals surface area contributed by atoms with Gasteiger partial charge in [0.15, 0.2) is 0 Å². The first-order valence-electron chi connectivity index (χ1n) is 8.83. The molecule has 1 atom stereocenters. The van der Waals surface area contributed by atoms with Crippen LogP contribution in [-0.4, -0.2) is 44.8 Å². The quantitative estimate of drug-likeness (QED) is 0.814. The summed E-state index contributed by atoms with van der Waals surface area (Å²) in [6.07, 6.45) is 0. The number of nitrogens with two attached hydrogens (primary N) is 1. The van der Waals surface area contributed by atoms with E-state index in [1.165, 1.54) is 0 Å². The highest BCUT2D eigenvalue weighted by Gasteiger charge is 2.28. The normalized spacial score (nSPS) is 16.7. The Morgan fingerprint density at radius 3 is 2.44 bits per heavy atom. The molecule has 1 heterocycles. The number of ether oxygens (including phenoxy) is 3. The molecule has 0 saturated carbocycles. The van der Waals surface area contributed by atoms with Gasteiger partial charge in [0.25, 0.3) is 0 Å². The number of hydrogen-bond donors (Lipinski definition) is 2. The molecule has 1 fully saturated rings. The topological polar surface area (TPSA) is 86.1 Å². The van der Waals surface area contributed by atoms with Gasteiger partial charge in [0.1, 0.15) is 23.9 Å². The van der Waals surface area contributed by atoms with Crippen LogP contribution in [0.1, 0.15) is 17.2 Å². The zero-order valence-electron chi connectivity index (χ0n) is 15.6. The third-order valence-corrected chi connectivity index (χ3v) is 4.69. The summed E-state index contributed by atoms with van der Waals surface area (Å²) in [4.78, 5) is 13.6. The van der Waals surface area contributed by atoms with Crippen molar-refractivity contribution in [2.75, 3.05) is 33.9 Å². The molecule has 0 spiro atoms. The number of piperazine rings is 1. The van der Waals surface area contributed by atoms with Gasteiger partial charge in [-0.2, -0.15) is 0 Å². The van der Waals surface area contributed by atoms with Crippen LogP contribution in [0, 0.1) is 0 Å². The first kappa shape index (κ1) is 18.8. The fourth-order valence-corrected chi connectivity index (χ4v) is 3.24. The van der Waals surface area contributed by atoms with E-state index in [-0.39, 0.29) is 6.04 Å². The number of amides is 2. The van der Waals surface area contributed by atoms with Crippen LogP contribution in [0.2, 0.25) is 0 Å². The van der Waals surface area contributed by atoms with Crippen molar-refractivity contribution in [1.82, 2.24) is 10.2 Å². The summed E-state index contributed by atoms with van der Waals surface area (Å²) >= 11 is 0. The standard InChI is InChI=1S/C20H25N3O4/c1-25-15-3-5-16(6-4-15)27-13-14-11-17(26-2)7-8-18(14)19-12-22-9-10-23(19)20(21)24/h3-8,11,19,22H,9-10,12-13H2,1-2H3,(H2,21,24). The van der Waals surface area contributed by atoms with Crippen LogP contribution in [0.4, 0.5) is 4.79 Å². The van der Waals surface area contributed by atoms with Crippen molar-refractivity contribution in [2.45, 2.75) is 12.6 Å². The molecule has 144 valence electrons. The molecule has 3 rings (SSSR count). The number of carbonyl (C=O) groups is 1. The molecule has 2 aromatic carbocycles. The molecule has 0 aliphatic carbocycles. The first-order chi connectivity index (χ1) is 13.1. The van der Waals surface area contributed by atoms with E-state index in [0.717, 1.165) is 34.9 Å². The molecule has 1 saturated heterocycles. The Bertz CT molecular complexity index is 779. The highest BCUT2D eigenvalue weighted by atomic mass is 16.5. The molecule has 7 heteroatoms. The van der Waals surface area contributed by atoms with Gasteiger partial charge in [0, 0.05) is 19.6 Å². The van der Waals surface area contributed by atoms with Gasteiger partial charge in [-0.25, -0.2) is 4.79 Å². The Balaban J connectivity index is 1.84. The van der Waals surface area contributed by atoms with E-state index < -0.39 is 6.03 Å². The summed E-state index contributed by atoms with van der Waals surface area (Å²) in [6.45, 7) is 2.30. The average molecular weight is 371 g/mol. The van der Waals surface area contributed by atoms with Crippen molar-refractivity contribution in [3.05, 3.63) is 53.6 Å². The van der Waals surface area contributed by atoms with Gasteiger partial charge in [0.05, 0.1) is 20.3 Å². The molecule has 0 radical (unpaired) electrons. The second-order valence-electron chi connectivity index (χ2n) is 6.28. The predicted octanol–water partition coefficient (Wildman–Crippen LogP) is 2.31. The van der Waals surface area contributed by atoms with Gasteiger partial charge in [-0.1, -0.05) is 6.07 Å². The summed E-state index contributed by atoms with van der Waals surface area (Å²) in [7, 11) is 3.25. The summed E-state index contributed by atoms with van der Waals surface area (Å²) < 4.78 is 16.5. The Morgan fingerprint density at radius 1 is 1.11 bits per heavy atom. The lowest BCUT2D eigenvalue weighted by molar-refractivity contribution is 0.166. The SMILES string of the molecule is COc1ccc(OCc2cc(OC)ccc2C2CNCCN2C(N)=O)cc1. The van der Waals surface area contributed by atoms with E-state index in [1.807, 2.05) is 42.5 Å². The second-order valence-corrected chi connectivity index (χ2v) is 6.28. The number of urea groups is 1. The minimum atomic E-state index is -0.417. The van der Waals surface area contributed by atoms with Crippen LogP contribution < -0.4 is 25.3 Å². The maximum atomic E-state index is 11.9. The lowest BCUT2D eigenvalue weighted by Crippen LogP contribution is -2.50. The number of methoxy groups -OCH3 is 2. The number of nitrogens with one attached hydrogen (secondary N) is 1. The van der Waals surface area contributed by atoms with Gasteiger partial charge >= 0.3 is 6.03 Å². The third kappa shape index (κ3) is 4.43. The highest BCUT2D eigenvalue weighted by Crippen LogP contribution is 2.29. The monoisotopic (exact) mass is 371 g/mol. The maximum absolute atomic E-state index is 11.9. The molecule has 2 aromatic rings. The molecule has 1 aliphatic heterocycles. The van der Waals surface area contributed by atoms with Crippen molar-refractivity contribution < 1.29 is 19.0 Å². The number of benzene rings is 2. The molecule has 27 heavy (non-hydrogen) atoms. The summed E-state index contributed by atoms with van der Waals surface area (Å²) in [5.74, 6) is 2.24. The lowest BCUT2D eigenvalue weighted by Gasteiger charge is -2.36. The predicted molar refractivity (Wildman–Crippen MR) is 102 cm³/mol. The van der Waals surface area contributed by atoms with Crippen molar-refractivity contribution in [1.29, 1.82) is 0 Å². The van der Waals surface area contributed by atoms with Crippen LogP contribution in [0.15, 0.2) is 42.5 Å². The number of rotatable bonds is 6. The molecule has 0 bridgehead atoms. The molecule has 2 amide bonds. The fraction of sp³-hybridized carbons (Fsp3) is 0.350. The van der Waals surface area contributed by atoms with Crippen molar-refractivity contribution in [2.24, 2.45) is 5.73 Å². The lowest BCUT2D eigenvalue weighted by atomic mass is 9.97. The molecule has 3 N–H and O–H groups in total. The number of hydrogen-bond acceptors (Lipinski definition) is 5. The van der Waals surface area contributed by atoms with E-state index >= 15 is 0 Å². The third-order valence-electron chi connectivity index (χ3n) is 4.69. The number of carbonyl (C=O) groups excluding carboxylic acids is 1. The van der Waals surface area contributed by atoms with Crippen LogP contribution in [0.5, 0.6) is 17.2 Å². The van der Waals surface area contributed by atoms with Crippen LogP contribution >= 0.6 is 0 Å². The van der Waals surface area contributed by atoms with Gasteiger partial charge in [-0.3, -0.25) is 0 Å². The zero-order valence-corrected chi connectivity index (χ0v) is 15.6. The highest BCUT2D eigenvalue weighted by molar-refractivity contribution is 5.73. The number of primary amides is 1. The van der Waals surface area contributed by atoms with Crippen molar-refractivity contribution in [3.63, 3.8) is 0 Å². The second kappa shape index (κ2) is 8.64. The van der Waals surface area contributed by atoms with Gasteiger partial charge in [0.2, 0.25) is 0 Å². The average Bonchev–Trinajstić information content (AvgIpc) is 2.72. The van der Waals surface area contributed by atoms with Crippen LogP contribution in [0.3, 0.4) is 0 Å². The van der Waals surface area contributed by atoms with E-state index in [1.54, 1.807) is 19.1 Å². The minimum Gasteiger partial charge on any atom is -0.497 e. The Labute approximate surface area is 159 Å². The Kier molecular flexibility index (Phi) is 6.03. The van der Waals surface area contributed by atoms with Crippen molar-refractivity contribution >= 4 is 6.03 Å². The largest absolute Gasteiger partial charge is 0.497 e. The van der Waals surface area contributed by atoms with E-state index in [0.29, 0.717) is 19.7 Å². The summed E-state index contributed by atoms with van der Waals surface area (Å²) in [5, 5.41) is 3.33. The van der Waals surface area contributed by atoms with Gasteiger partial charge in [-0.05, 0) is 47.5 Å². The van der Waals surface area contributed by atoms with Gasteiger partial charge in [-0.15, -0.1) is 0 Å². The molecular formula is C20H25N3O4. The first-order valence-corrected chi connectivity index (χ1v) is 8.83. The Morgan fingerprint density at radius 2 is 1.78 bits per heavy atom. The van der Waals surface area contributed by atoms with Crippen LogP contribution in [-0.2, 0) is 6.61 Å². The molecule has 0 aromatic heterocycles. The summed E-state index contributed by atoms with van der Waals surface area (Å²) in [6, 6.07) is 12.7. The van der Waals surface area contributed by atoms with E-state index in [4.69, 9.17) is 19.9 Å². The Hall–Kier alpha value is -2.93. The molecular weight excluding hydrogens is 346 g/mol. The van der Waals surface area contributed by atoms with Crippen LogP contribution in [0.25, 0.3) is 0 Å². The zero-order chi connectivity index (χ0) is 19.2.